The molecular weight excluding hydrogens is 291 g/mol. The third-order valence-electron chi connectivity index (χ3n) is 2.84. The average Bonchev–Trinajstić information content (AvgIpc) is 2.39. The van der Waals surface area contributed by atoms with Gasteiger partial charge in [-0.05, 0) is 12.1 Å². The van der Waals surface area contributed by atoms with Crippen LogP contribution in [-0.4, -0.2) is 38.3 Å². The minimum atomic E-state index is -0.551. The minimum absolute atomic E-state index is 0.0271. The van der Waals surface area contributed by atoms with Crippen LogP contribution in [0.25, 0.3) is 0 Å². The third-order valence-corrected chi connectivity index (χ3v) is 3.64. The van der Waals surface area contributed by atoms with E-state index in [-0.39, 0.29) is 11.9 Å². The Labute approximate surface area is 121 Å². The van der Waals surface area contributed by atoms with E-state index in [4.69, 9.17) is 37.4 Å². The van der Waals surface area contributed by atoms with Crippen molar-refractivity contribution < 1.29 is 19.0 Å². The summed E-state index contributed by atoms with van der Waals surface area (Å²) < 4.78 is 16.0. The van der Waals surface area contributed by atoms with Gasteiger partial charge in [-0.3, -0.25) is 4.79 Å². The fourth-order valence-corrected chi connectivity index (χ4v) is 2.10. The van der Waals surface area contributed by atoms with Gasteiger partial charge in [-0.2, -0.15) is 0 Å². The summed E-state index contributed by atoms with van der Waals surface area (Å²) in [6, 6.07) is 5.13. The number of benzene rings is 1. The summed E-state index contributed by atoms with van der Waals surface area (Å²) in [5.41, 5.74) is 0. The van der Waals surface area contributed by atoms with E-state index in [1.54, 1.807) is 25.3 Å². The number of hydrogen-bond acceptors (Lipinski definition) is 4. The first kappa shape index (κ1) is 14.6. The highest BCUT2D eigenvalue weighted by atomic mass is 35.5. The van der Waals surface area contributed by atoms with Crippen LogP contribution in [0.3, 0.4) is 0 Å². The Morgan fingerprint density at radius 3 is 2.79 bits per heavy atom. The lowest BCUT2D eigenvalue weighted by Crippen LogP contribution is -2.52. The zero-order valence-electron chi connectivity index (χ0n) is 10.4. The van der Waals surface area contributed by atoms with E-state index in [0.717, 1.165) is 0 Å². The van der Waals surface area contributed by atoms with Crippen molar-refractivity contribution in [2.24, 2.45) is 0 Å². The number of halogens is 2. The van der Waals surface area contributed by atoms with Gasteiger partial charge in [0.2, 0.25) is 0 Å². The van der Waals surface area contributed by atoms with Gasteiger partial charge in [0.25, 0.3) is 0 Å². The highest BCUT2D eigenvalue weighted by molar-refractivity contribution is 6.42. The number of ketones is 1. The molecule has 0 amide bonds. The number of ether oxygens (including phenoxy) is 3. The number of carbonyl (C=O) groups excluding carboxylic acids is 1. The normalized spacial score (nSPS) is 22.2. The second-order valence-electron chi connectivity index (χ2n) is 4.16. The molecule has 0 aromatic heterocycles. The van der Waals surface area contributed by atoms with E-state index in [9.17, 15) is 4.79 Å². The second kappa shape index (κ2) is 6.57. The summed E-state index contributed by atoms with van der Waals surface area (Å²) in [5, 5.41) is 0.765. The van der Waals surface area contributed by atoms with Gasteiger partial charge in [0, 0.05) is 13.5 Å². The number of methoxy groups -OCH3 is 1. The van der Waals surface area contributed by atoms with E-state index < -0.39 is 6.10 Å². The van der Waals surface area contributed by atoms with Crippen molar-refractivity contribution in [1.82, 2.24) is 0 Å². The molecule has 1 aromatic rings. The Kier molecular flexibility index (Phi) is 5.05. The largest absolute Gasteiger partial charge is 0.485 e. The van der Waals surface area contributed by atoms with Crippen LogP contribution in [-0.2, 0) is 14.3 Å². The quantitative estimate of drug-likeness (QED) is 0.758. The van der Waals surface area contributed by atoms with Gasteiger partial charge in [0.05, 0.1) is 18.2 Å². The number of Topliss-reactive ketones (excluding diaryl/α,β-unsaturated/α-hetero) is 1. The lowest BCUT2D eigenvalue weighted by molar-refractivity contribution is -0.156. The topological polar surface area (TPSA) is 44.8 Å². The summed E-state index contributed by atoms with van der Waals surface area (Å²) in [7, 11) is 1.58. The number of carbonyl (C=O) groups is 1. The summed E-state index contributed by atoms with van der Waals surface area (Å²) in [4.78, 5) is 11.5. The van der Waals surface area contributed by atoms with Crippen molar-refractivity contribution in [3.8, 4) is 5.75 Å². The maximum atomic E-state index is 11.5. The van der Waals surface area contributed by atoms with Gasteiger partial charge in [0.1, 0.15) is 16.9 Å². The molecule has 1 aliphatic rings. The summed E-state index contributed by atoms with van der Waals surface area (Å²) >= 11 is 11.9. The minimum Gasteiger partial charge on any atom is -0.485 e. The zero-order valence-corrected chi connectivity index (χ0v) is 11.9. The van der Waals surface area contributed by atoms with E-state index in [2.05, 4.69) is 0 Å². The number of hydrogen-bond donors (Lipinski definition) is 0. The molecule has 2 unspecified atom stereocenters. The molecule has 0 aliphatic heterocycles. The molecule has 2 atom stereocenters. The molecule has 1 saturated carbocycles. The van der Waals surface area contributed by atoms with Crippen LogP contribution < -0.4 is 4.74 Å². The molecule has 0 saturated heterocycles. The van der Waals surface area contributed by atoms with E-state index in [1.165, 1.54) is 0 Å². The second-order valence-corrected chi connectivity index (χ2v) is 4.95. The Bertz CT molecular complexity index is 464. The number of rotatable bonds is 6. The van der Waals surface area contributed by atoms with Crippen molar-refractivity contribution in [3.05, 3.63) is 28.2 Å². The standard InChI is InChI=1S/C13H14Cl2O4/c1-17-5-6-18-13-9(16)7-11(13)19-10-4-2-3-8(14)12(10)15/h2-4,11,13H,5-7H2,1H3. The molecule has 0 spiro atoms. The molecule has 0 bridgehead atoms. The maximum absolute atomic E-state index is 11.5. The van der Waals surface area contributed by atoms with Gasteiger partial charge in [-0.15, -0.1) is 0 Å². The smallest absolute Gasteiger partial charge is 0.169 e. The van der Waals surface area contributed by atoms with Gasteiger partial charge in [0.15, 0.2) is 11.9 Å². The molecular formula is C13H14Cl2O4. The van der Waals surface area contributed by atoms with Crippen LogP contribution in [0.2, 0.25) is 10.0 Å². The van der Waals surface area contributed by atoms with Crippen molar-refractivity contribution in [3.63, 3.8) is 0 Å². The third kappa shape index (κ3) is 3.39. The van der Waals surface area contributed by atoms with Crippen LogP contribution in [0.5, 0.6) is 5.75 Å². The van der Waals surface area contributed by atoms with Crippen molar-refractivity contribution in [2.45, 2.75) is 18.6 Å². The van der Waals surface area contributed by atoms with E-state index >= 15 is 0 Å². The zero-order chi connectivity index (χ0) is 13.8. The Hall–Kier alpha value is -0.810. The first-order valence-electron chi connectivity index (χ1n) is 5.87. The highest BCUT2D eigenvalue weighted by Crippen LogP contribution is 2.34. The first-order chi connectivity index (χ1) is 9.13. The molecule has 0 radical (unpaired) electrons. The lowest BCUT2D eigenvalue weighted by atomic mass is 9.90. The molecule has 1 fully saturated rings. The van der Waals surface area contributed by atoms with Crippen molar-refractivity contribution >= 4 is 29.0 Å². The molecule has 2 rings (SSSR count). The highest BCUT2D eigenvalue weighted by Gasteiger charge is 2.43. The Balaban J connectivity index is 1.95. The van der Waals surface area contributed by atoms with Crippen molar-refractivity contribution in [2.75, 3.05) is 20.3 Å². The molecule has 0 heterocycles. The molecule has 4 nitrogen and oxygen atoms in total. The van der Waals surface area contributed by atoms with Crippen LogP contribution in [0, 0.1) is 0 Å². The average molecular weight is 305 g/mol. The Morgan fingerprint density at radius 2 is 2.11 bits per heavy atom. The van der Waals surface area contributed by atoms with Crippen LogP contribution >= 0.6 is 23.2 Å². The van der Waals surface area contributed by atoms with E-state index in [0.29, 0.717) is 35.4 Å². The van der Waals surface area contributed by atoms with Gasteiger partial charge in [-0.1, -0.05) is 29.3 Å². The molecule has 0 N–H and O–H groups in total. The first-order valence-corrected chi connectivity index (χ1v) is 6.63. The lowest BCUT2D eigenvalue weighted by Gasteiger charge is -2.34. The van der Waals surface area contributed by atoms with Crippen LogP contribution in [0.1, 0.15) is 6.42 Å². The fraction of sp³-hybridized carbons (Fsp3) is 0.462. The SMILES string of the molecule is COCCOC1C(=O)CC1Oc1cccc(Cl)c1Cl. The predicted molar refractivity (Wildman–Crippen MR) is 72.1 cm³/mol. The summed E-state index contributed by atoms with van der Waals surface area (Å²) in [6.07, 6.45) is -0.550. The van der Waals surface area contributed by atoms with Gasteiger partial charge in [-0.25, -0.2) is 0 Å². The molecule has 6 heteroatoms. The molecule has 1 aromatic carbocycles. The molecule has 1 aliphatic carbocycles. The molecule has 19 heavy (non-hydrogen) atoms. The summed E-state index contributed by atoms with van der Waals surface area (Å²) in [5.74, 6) is 0.492. The maximum Gasteiger partial charge on any atom is 0.169 e. The van der Waals surface area contributed by atoms with Crippen LogP contribution in [0.15, 0.2) is 18.2 Å². The van der Waals surface area contributed by atoms with Gasteiger partial charge < -0.3 is 14.2 Å². The molecule has 104 valence electrons. The van der Waals surface area contributed by atoms with Crippen LogP contribution in [0.4, 0.5) is 0 Å². The van der Waals surface area contributed by atoms with Crippen molar-refractivity contribution in [1.29, 1.82) is 0 Å². The Morgan fingerprint density at radius 1 is 1.32 bits per heavy atom. The monoisotopic (exact) mass is 304 g/mol. The fourth-order valence-electron chi connectivity index (χ4n) is 1.77. The predicted octanol–water partition coefficient (Wildman–Crippen LogP) is 2.75. The summed E-state index contributed by atoms with van der Waals surface area (Å²) in [6.45, 7) is 0.796. The van der Waals surface area contributed by atoms with E-state index in [1.807, 2.05) is 0 Å². The van der Waals surface area contributed by atoms with Gasteiger partial charge >= 0.3 is 0 Å².